The predicted molar refractivity (Wildman–Crippen MR) is 78.6 cm³/mol. The molecular weight excluding hydrogens is 310 g/mol. The maximum absolute atomic E-state index is 12.2. The molecule has 1 aliphatic rings. The van der Waals surface area contributed by atoms with Crippen molar-refractivity contribution in [1.82, 2.24) is 4.90 Å². The van der Waals surface area contributed by atoms with Crippen LogP contribution >= 0.6 is 15.9 Å². The Morgan fingerprint density at radius 2 is 1.84 bits per heavy atom. The maximum atomic E-state index is 12.2. The first-order valence-electron chi connectivity index (χ1n) is 6.90. The Bertz CT molecular complexity index is 319. The first kappa shape index (κ1) is 16.5. The molecule has 0 aromatic heterocycles. The van der Waals surface area contributed by atoms with Crippen LogP contribution in [0, 0.1) is 0 Å². The summed E-state index contributed by atoms with van der Waals surface area (Å²) in [5.41, 5.74) is -0.331. The van der Waals surface area contributed by atoms with E-state index < -0.39 is 0 Å². The SMILES string of the molecule is CC(C)(C)N(CCC(=O)CBr)C(=O)OC1CCCC1. The van der Waals surface area contributed by atoms with Crippen LogP contribution in [0.1, 0.15) is 52.9 Å². The highest BCUT2D eigenvalue weighted by atomic mass is 79.9. The Morgan fingerprint density at radius 1 is 1.26 bits per heavy atom. The summed E-state index contributed by atoms with van der Waals surface area (Å²) in [7, 11) is 0. The minimum atomic E-state index is -0.331. The topological polar surface area (TPSA) is 46.6 Å². The van der Waals surface area contributed by atoms with E-state index in [0.29, 0.717) is 18.3 Å². The molecule has 0 aliphatic heterocycles. The molecule has 0 N–H and O–H groups in total. The summed E-state index contributed by atoms with van der Waals surface area (Å²) in [5, 5.41) is 0.336. The third kappa shape index (κ3) is 5.51. The second kappa shape index (κ2) is 7.27. The number of rotatable bonds is 5. The molecule has 0 radical (unpaired) electrons. The highest BCUT2D eigenvalue weighted by Gasteiger charge is 2.30. The van der Waals surface area contributed by atoms with E-state index in [9.17, 15) is 9.59 Å². The van der Waals surface area contributed by atoms with Gasteiger partial charge in [-0.1, -0.05) is 15.9 Å². The van der Waals surface area contributed by atoms with Crippen molar-refractivity contribution in [3.05, 3.63) is 0 Å². The van der Waals surface area contributed by atoms with Crippen molar-refractivity contribution in [3.8, 4) is 0 Å². The minimum absolute atomic E-state index is 0.0595. The third-order valence-electron chi connectivity index (χ3n) is 3.36. The van der Waals surface area contributed by atoms with E-state index in [1.54, 1.807) is 4.90 Å². The summed E-state index contributed by atoms with van der Waals surface area (Å²) < 4.78 is 5.53. The highest BCUT2D eigenvalue weighted by Crippen LogP contribution is 2.23. The Balaban J connectivity index is 2.57. The van der Waals surface area contributed by atoms with E-state index in [0.717, 1.165) is 25.7 Å². The molecule has 0 spiro atoms. The van der Waals surface area contributed by atoms with Crippen molar-refractivity contribution < 1.29 is 14.3 Å². The van der Waals surface area contributed by atoms with Crippen LogP contribution in [0.4, 0.5) is 4.79 Å². The van der Waals surface area contributed by atoms with Crippen LogP contribution in [0.25, 0.3) is 0 Å². The molecule has 4 nitrogen and oxygen atoms in total. The normalized spacial score (nSPS) is 16.4. The van der Waals surface area contributed by atoms with Gasteiger partial charge in [0.1, 0.15) is 11.9 Å². The smallest absolute Gasteiger partial charge is 0.410 e. The van der Waals surface area contributed by atoms with Gasteiger partial charge in [-0.2, -0.15) is 0 Å². The molecular formula is C14H24BrNO3. The number of ether oxygens (including phenoxy) is 1. The van der Waals surface area contributed by atoms with Gasteiger partial charge in [0.2, 0.25) is 0 Å². The van der Waals surface area contributed by atoms with E-state index in [1.165, 1.54) is 0 Å². The zero-order chi connectivity index (χ0) is 14.5. The average molecular weight is 334 g/mol. The molecule has 0 unspecified atom stereocenters. The fraction of sp³-hybridized carbons (Fsp3) is 0.857. The zero-order valence-electron chi connectivity index (χ0n) is 12.1. The van der Waals surface area contributed by atoms with E-state index in [4.69, 9.17) is 4.74 Å². The predicted octanol–water partition coefficient (Wildman–Crippen LogP) is 3.52. The molecule has 0 bridgehead atoms. The average Bonchev–Trinajstić information content (AvgIpc) is 2.79. The second-order valence-corrected chi connectivity index (χ2v) is 6.60. The first-order chi connectivity index (χ1) is 8.84. The molecule has 5 heteroatoms. The summed E-state index contributed by atoms with van der Waals surface area (Å²) in [6, 6.07) is 0. The lowest BCUT2D eigenvalue weighted by Gasteiger charge is -2.35. The van der Waals surface area contributed by atoms with Crippen LogP contribution in [-0.4, -0.2) is 40.3 Å². The van der Waals surface area contributed by atoms with E-state index >= 15 is 0 Å². The summed E-state index contributed by atoms with van der Waals surface area (Å²) in [6.07, 6.45) is 4.33. The van der Waals surface area contributed by atoms with Gasteiger partial charge in [0.25, 0.3) is 0 Å². The molecule has 19 heavy (non-hydrogen) atoms. The van der Waals surface area contributed by atoms with Gasteiger partial charge in [-0.05, 0) is 46.5 Å². The third-order valence-corrected chi connectivity index (χ3v) is 3.99. The van der Waals surface area contributed by atoms with Crippen molar-refractivity contribution in [2.24, 2.45) is 0 Å². The minimum Gasteiger partial charge on any atom is -0.446 e. The summed E-state index contributed by atoms with van der Waals surface area (Å²) in [5.74, 6) is 0.0999. The van der Waals surface area contributed by atoms with E-state index in [2.05, 4.69) is 15.9 Å². The molecule has 1 rings (SSSR count). The Morgan fingerprint density at radius 3 is 2.32 bits per heavy atom. The summed E-state index contributed by atoms with van der Waals surface area (Å²) in [4.78, 5) is 25.3. The molecule has 1 fully saturated rings. The largest absolute Gasteiger partial charge is 0.446 e. The van der Waals surface area contributed by atoms with Crippen molar-refractivity contribution in [1.29, 1.82) is 0 Å². The fourth-order valence-corrected chi connectivity index (χ4v) is 2.50. The number of carbonyl (C=O) groups excluding carboxylic acids is 2. The molecule has 1 saturated carbocycles. The van der Waals surface area contributed by atoms with Crippen molar-refractivity contribution in [2.45, 2.75) is 64.5 Å². The molecule has 1 aliphatic carbocycles. The van der Waals surface area contributed by atoms with Gasteiger partial charge < -0.3 is 9.64 Å². The molecule has 0 saturated heterocycles. The Hall–Kier alpha value is -0.580. The molecule has 110 valence electrons. The van der Waals surface area contributed by atoms with E-state index in [1.807, 2.05) is 20.8 Å². The number of ketones is 1. The van der Waals surface area contributed by atoms with Crippen LogP contribution < -0.4 is 0 Å². The molecule has 0 atom stereocenters. The molecule has 0 heterocycles. The maximum Gasteiger partial charge on any atom is 0.410 e. The highest BCUT2D eigenvalue weighted by molar-refractivity contribution is 9.09. The van der Waals surface area contributed by atoms with Crippen LogP contribution in [-0.2, 0) is 9.53 Å². The van der Waals surface area contributed by atoms with Crippen molar-refractivity contribution in [2.75, 3.05) is 11.9 Å². The van der Waals surface area contributed by atoms with E-state index in [-0.39, 0.29) is 23.5 Å². The number of alkyl halides is 1. The van der Waals surface area contributed by atoms with Gasteiger partial charge >= 0.3 is 6.09 Å². The summed E-state index contributed by atoms with van der Waals surface area (Å²) in [6.45, 7) is 6.30. The number of amides is 1. The first-order valence-corrected chi connectivity index (χ1v) is 8.02. The molecule has 0 aromatic carbocycles. The van der Waals surface area contributed by atoms with Crippen molar-refractivity contribution in [3.63, 3.8) is 0 Å². The Kier molecular flexibility index (Phi) is 6.30. The van der Waals surface area contributed by atoms with Gasteiger partial charge in [-0.25, -0.2) is 4.79 Å². The lowest BCUT2D eigenvalue weighted by atomic mass is 10.1. The van der Waals surface area contributed by atoms with Gasteiger partial charge in [0.15, 0.2) is 0 Å². The molecule has 1 amide bonds. The number of hydrogen-bond acceptors (Lipinski definition) is 3. The molecule has 0 aromatic rings. The number of Topliss-reactive ketones (excluding diaryl/α,β-unsaturated/α-hetero) is 1. The fourth-order valence-electron chi connectivity index (χ4n) is 2.22. The van der Waals surface area contributed by atoms with Gasteiger partial charge in [-0.15, -0.1) is 0 Å². The monoisotopic (exact) mass is 333 g/mol. The van der Waals surface area contributed by atoms with Crippen LogP contribution in [0.5, 0.6) is 0 Å². The lowest BCUT2D eigenvalue weighted by molar-refractivity contribution is -0.116. The standard InChI is InChI=1S/C14H24BrNO3/c1-14(2,3)16(9-8-11(17)10-15)13(18)19-12-6-4-5-7-12/h12H,4-10H2,1-3H3. The van der Waals surface area contributed by atoms with Gasteiger partial charge in [-0.3, -0.25) is 4.79 Å². The zero-order valence-corrected chi connectivity index (χ0v) is 13.7. The van der Waals surface area contributed by atoms with Gasteiger partial charge in [0, 0.05) is 18.5 Å². The number of nitrogens with zero attached hydrogens (tertiary/aromatic N) is 1. The lowest BCUT2D eigenvalue weighted by Crippen LogP contribution is -2.47. The van der Waals surface area contributed by atoms with Crippen LogP contribution in [0.15, 0.2) is 0 Å². The van der Waals surface area contributed by atoms with Crippen molar-refractivity contribution >= 4 is 27.8 Å². The quantitative estimate of drug-likeness (QED) is 0.723. The number of halogens is 1. The number of carbonyl (C=O) groups is 2. The Labute approximate surface area is 124 Å². The summed E-state index contributed by atoms with van der Waals surface area (Å²) >= 11 is 3.14. The number of hydrogen-bond donors (Lipinski definition) is 0. The van der Waals surface area contributed by atoms with Crippen LogP contribution in [0.3, 0.4) is 0 Å². The van der Waals surface area contributed by atoms with Crippen LogP contribution in [0.2, 0.25) is 0 Å². The second-order valence-electron chi connectivity index (χ2n) is 6.03. The van der Waals surface area contributed by atoms with Gasteiger partial charge in [0.05, 0.1) is 5.33 Å².